The van der Waals surface area contributed by atoms with Gasteiger partial charge in [-0.1, -0.05) is 68.4 Å². The van der Waals surface area contributed by atoms with Crippen molar-refractivity contribution in [1.29, 1.82) is 0 Å². The first-order valence-corrected chi connectivity index (χ1v) is 9.89. The van der Waals surface area contributed by atoms with Gasteiger partial charge < -0.3 is 4.74 Å². The van der Waals surface area contributed by atoms with Gasteiger partial charge in [0.05, 0.1) is 15.2 Å². The second-order valence-corrected chi connectivity index (χ2v) is 10.5. The fraction of sp³-hybridized carbons (Fsp3) is 0.412. The number of methoxy groups -OCH3 is 1. The van der Waals surface area contributed by atoms with E-state index in [1.54, 1.807) is 12.3 Å². The van der Waals surface area contributed by atoms with Crippen molar-refractivity contribution in [3.8, 4) is 5.75 Å². The molecule has 0 unspecified atom stereocenters. The summed E-state index contributed by atoms with van der Waals surface area (Å²) in [6.07, 6.45) is 0. The molecule has 0 radical (unpaired) electrons. The lowest BCUT2D eigenvalue weighted by Gasteiger charge is -2.29. The normalized spacial score (nSPS) is 11.8. The van der Waals surface area contributed by atoms with Crippen LogP contribution in [0.15, 0.2) is 36.4 Å². The maximum atomic E-state index is 5.29. The van der Waals surface area contributed by atoms with Crippen LogP contribution in [0.25, 0.3) is 10.8 Å². The number of ether oxygens (including phenoxy) is 1. The van der Waals surface area contributed by atoms with Gasteiger partial charge in [-0.3, -0.25) is 0 Å². The molecule has 0 bridgehead atoms. The average Bonchev–Trinajstić information content (AvgIpc) is 2.49. The van der Waals surface area contributed by atoms with Crippen LogP contribution in [0.2, 0.25) is 18.1 Å². The highest BCUT2D eigenvalue weighted by atomic mass is 28.3. The number of hydrogen-bond acceptors (Lipinski definition) is 1. The molecule has 0 aliphatic heterocycles. The maximum absolute atomic E-state index is 5.29. The van der Waals surface area contributed by atoms with Crippen molar-refractivity contribution in [2.24, 2.45) is 0 Å². The number of fused-ring (bicyclic) bond motifs is 1. The van der Waals surface area contributed by atoms with Crippen molar-refractivity contribution in [1.82, 2.24) is 0 Å². The van der Waals surface area contributed by atoms with Crippen LogP contribution in [0.5, 0.6) is 5.75 Å². The first-order valence-electron chi connectivity index (χ1n) is 7.27. The van der Waals surface area contributed by atoms with Crippen LogP contribution in [0, 0.1) is 0 Å². The molecule has 0 spiro atoms. The van der Waals surface area contributed by atoms with Crippen LogP contribution < -0.4 is 9.92 Å². The molecule has 0 aromatic heterocycles. The van der Waals surface area contributed by atoms with Crippen LogP contribution in [-0.4, -0.2) is 15.2 Å². The van der Waals surface area contributed by atoms with E-state index in [1.165, 1.54) is 28.9 Å². The van der Waals surface area contributed by atoms with Gasteiger partial charge in [0.15, 0.2) is 0 Å². The zero-order valence-corrected chi connectivity index (χ0v) is 13.5. The van der Waals surface area contributed by atoms with Crippen molar-refractivity contribution in [3.63, 3.8) is 0 Å². The third-order valence-corrected chi connectivity index (χ3v) is 10.3. The smallest absolute Gasteiger partial charge is 0.119 e. The molecule has 102 valence electrons. The number of rotatable bonds is 5. The van der Waals surface area contributed by atoms with Crippen molar-refractivity contribution in [3.05, 3.63) is 36.4 Å². The predicted octanol–water partition coefficient (Wildman–Crippen LogP) is 4.56. The molecule has 2 aromatic carbocycles. The molecule has 2 aromatic rings. The van der Waals surface area contributed by atoms with Gasteiger partial charge in [-0.15, -0.1) is 0 Å². The average molecular weight is 272 g/mol. The Balaban J connectivity index is 2.52. The first-order chi connectivity index (χ1) is 9.19. The lowest BCUT2D eigenvalue weighted by Crippen LogP contribution is -2.45. The summed E-state index contributed by atoms with van der Waals surface area (Å²) in [5, 5.41) is 4.22. The van der Waals surface area contributed by atoms with E-state index in [1.807, 2.05) is 0 Å². The van der Waals surface area contributed by atoms with Gasteiger partial charge in [-0.25, -0.2) is 0 Å². The Kier molecular flexibility index (Phi) is 4.30. The van der Waals surface area contributed by atoms with E-state index in [4.69, 9.17) is 4.74 Å². The highest BCUT2D eigenvalue weighted by Crippen LogP contribution is 2.24. The minimum absolute atomic E-state index is 0.935. The van der Waals surface area contributed by atoms with Crippen molar-refractivity contribution < 1.29 is 4.74 Å². The van der Waals surface area contributed by atoms with Gasteiger partial charge in [-0.05, 0) is 22.9 Å². The highest BCUT2D eigenvalue weighted by molar-refractivity contribution is 6.91. The SMILES string of the molecule is CC[Si](CC)(CC)c1ccc2cc(OC)ccc2c1. The summed E-state index contributed by atoms with van der Waals surface area (Å²) in [5.74, 6) is 0.935. The van der Waals surface area contributed by atoms with Crippen molar-refractivity contribution in [2.45, 2.75) is 38.9 Å². The third kappa shape index (κ3) is 2.55. The molecule has 0 aliphatic rings. The Labute approximate surface area is 117 Å². The third-order valence-electron chi connectivity index (χ3n) is 4.69. The van der Waals surface area contributed by atoms with Gasteiger partial charge in [0.2, 0.25) is 0 Å². The van der Waals surface area contributed by atoms with Gasteiger partial charge >= 0.3 is 0 Å². The summed E-state index contributed by atoms with van der Waals surface area (Å²) in [6.45, 7) is 7.08. The lowest BCUT2D eigenvalue weighted by atomic mass is 10.1. The van der Waals surface area contributed by atoms with Crippen LogP contribution in [-0.2, 0) is 0 Å². The summed E-state index contributed by atoms with van der Waals surface area (Å²) < 4.78 is 5.29. The topological polar surface area (TPSA) is 9.23 Å². The summed E-state index contributed by atoms with van der Waals surface area (Å²) >= 11 is 0. The van der Waals surface area contributed by atoms with Gasteiger partial charge in [0, 0.05) is 0 Å². The standard InChI is InChI=1S/C17H24OSi/c1-5-19(6-2,7-3)17-11-9-14-12-16(18-4)10-8-15(14)13-17/h8-13H,5-7H2,1-4H3. The Hall–Kier alpha value is -1.28. The Morgan fingerprint density at radius 3 is 2.00 bits per heavy atom. The Morgan fingerprint density at radius 1 is 0.842 bits per heavy atom. The molecule has 0 aliphatic carbocycles. The van der Waals surface area contributed by atoms with Gasteiger partial charge in [0.25, 0.3) is 0 Å². The van der Waals surface area contributed by atoms with Gasteiger partial charge in [0.1, 0.15) is 5.75 Å². The summed E-state index contributed by atoms with van der Waals surface area (Å²) in [6, 6.07) is 17.4. The van der Waals surface area contributed by atoms with E-state index in [9.17, 15) is 0 Å². The first kappa shape index (κ1) is 14.1. The molecule has 0 fully saturated rings. The van der Waals surface area contributed by atoms with E-state index < -0.39 is 8.07 Å². The van der Waals surface area contributed by atoms with Crippen molar-refractivity contribution >= 4 is 24.0 Å². The largest absolute Gasteiger partial charge is 0.497 e. The quantitative estimate of drug-likeness (QED) is 0.725. The Bertz CT molecular complexity index is 550. The summed E-state index contributed by atoms with van der Waals surface area (Å²) in [5.41, 5.74) is 0. The summed E-state index contributed by atoms with van der Waals surface area (Å²) in [4.78, 5) is 0. The fourth-order valence-corrected chi connectivity index (χ4v) is 6.67. The van der Waals surface area contributed by atoms with E-state index in [0.29, 0.717) is 0 Å². The molecule has 19 heavy (non-hydrogen) atoms. The van der Waals surface area contributed by atoms with Crippen molar-refractivity contribution in [2.75, 3.05) is 7.11 Å². The van der Waals surface area contributed by atoms with E-state index >= 15 is 0 Å². The molecule has 1 nitrogen and oxygen atoms in total. The summed E-state index contributed by atoms with van der Waals surface area (Å²) in [7, 11) is 0.457. The Morgan fingerprint density at radius 2 is 1.42 bits per heavy atom. The molecule has 2 rings (SSSR count). The van der Waals surface area contributed by atoms with Crippen LogP contribution in [0.1, 0.15) is 20.8 Å². The van der Waals surface area contributed by atoms with Gasteiger partial charge in [-0.2, -0.15) is 0 Å². The minimum Gasteiger partial charge on any atom is -0.497 e. The zero-order chi connectivity index (χ0) is 13.9. The monoisotopic (exact) mass is 272 g/mol. The molecule has 2 heteroatoms. The highest BCUT2D eigenvalue weighted by Gasteiger charge is 2.28. The lowest BCUT2D eigenvalue weighted by molar-refractivity contribution is 0.415. The van der Waals surface area contributed by atoms with Crippen LogP contribution >= 0.6 is 0 Å². The molecule has 0 saturated heterocycles. The second-order valence-electron chi connectivity index (χ2n) is 5.27. The van der Waals surface area contributed by atoms with Crippen LogP contribution in [0.4, 0.5) is 0 Å². The second kappa shape index (κ2) is 5.79. The number of hydrogen-bond donors (Lipinski definition) is 0. The van der Waals surface area contributed by atoms with E-state index in [2.05, 4.69) is 57.2 Å². The van der Waals surface area contributed by atoms with E-state index in [-0.39, 0.29) is 0 Å². The number of benzene rings is 2. The molecule has 0 heterocycles. The van der Waals surface area contributed by atoms with E-state index in [0.717, 1.165) is 5.75 Å². The molecule has 0 atom stereocenters. The fourth-order valence-electron chi connectivity index (χ4n) is 3.04. The molecule has 0 amide bonds. The molecular weight excluding hydrogens is 248 g/mol. The molecule has 0 N–H and O–H groups in total. The molecular formula is C17H24OSi. The molecule has 0 saturated carbocycles. The maximum Gasteiger partial charge on any atom is 0.119 e. The zero-order valence-electron chi connectivity index (χ0n) is 12.5. The predicted molar refractivity (Wildman–Crippen MR) is 87.3 cm³/mol. The minimum atomic E-state index is -1.26. The van der Waals surface area contributed by atoms with Crippen LogP contribution in [0.3, 0.4) is 0 Å².